The van der Waals surface area contributed by atoms with Crippen LogP contribution in [0.15, 0.2) is 82.2 Å². The van der Waals surface area contributed by atoms with Crippen molar-refractivity contribution in [2.24, 2.45) is 0 Å². The molecule has 4 aromatic rings. The van der Waals surface area contributed by atoms with Gasteiger partial charge in [0.1, 0.15) is 0 Å². The highest BCUT2D eigenvalue weighted by atomic mass is 32.2. The van der Waals surface area contributed by atoms with Crippen molar-refractivity contribution in [2.75, 3.05) is 18.1 Å². The maximum Gasteiger partial charge on any atom is 0.243 e. The number of amides is 1. The van der Waals surface area contributed by atoms with Crippen molar-refractivity contribution in [3.05, 3.63) is 77.7 Å². The van der Waals surface area contributed by atoms with Crippen LogP contribution < -0.4 is 5.32 Å². The zero-order valence-electron chi connectivity index (χ0n) is 17.6. The van der Waals surface area contributed by atoms with E-state index in [9.17, 15) is 13.2 Å². The number of aromatic amines is 1. The van der Waals surface area contributed by atoms with Crippen molar-refractivity contribution in [3.8, 4) is 10.7 Å². The van der Waals surface area contributed by atoms with E-state index >= 15 is 0 Å². The number of anilines is 1. The zero-order chi connectivity index (χ0) is 23.3. The largest absolute Gasteiger partial charge is 0.325 e. The van der Waals surface area contributed by atoms with Crippen molar-refractivity contribution in [2.45, 2.75) is 16.6 Å². The Hall–Kier alpha value is -2.99. The van der Waals surface area contributed by atoms with Gasteiger partial charge in [-0.05, 0) is 41.3 Å². The van der Waals surface area contributed by atoms with Crippen molar-refractivity contribution >= 4 is 44.7 Å². The van der Waals surface area contributed by atoms with Crippen LogP contribution in [-0.2, 0) is 21.4 Å². The fraction of sp³-hybridized carbons (Fsp3) is 0.136. The number of thioether (sulfide) groups is 1. The Morgan fingerprint density at radius 2 is 1.85 bits per heavy atom. The van der Waals surface area contributed by atoms with Crippen molar-refractivity contribution in [1.29, 1.82) is 0 Å². The van der Waals surface area contributed by atoms with Gasteiger partial charge in [-0.3, -0.25) is 9.89 Å². The summed E-state index contributed by atoms with van der Waals surface area (Å²) in [6, 6.07) is 19.4. The fourth-order valence-corrected chi connectivity index (χ4v) is 5.40. The highest BCUT2D eigenvalue weighted by molar-refractivity contribution is 7.99. The van der Waals surface area contributed by atoms with Gasteiger partial charge >= 0.3 is 0 Å². The molecule has 2 aromatic heterocycles. The molecule has 2 N–H and O–H groups in total. The van der Waals surface area contributed by atoms with Gasteiger partial charge < -0.3 is 5.32 Å². The molecule has 0 fully saturated rings. The molecule has 0 bridgehead atoms. The van der Waals surface area contributed by atoms with E-state index in [1.165, 1.54) is 28.2 Å². The third kappa shape index (κ3) is 5.88. The van der Waals surface area contributed by atoms with Gasteiger partial charge in [0.15, 0.2) is 5.82 Å². The average Bonchev–Trinajstić information content (AvgIpc) is 3.51. The molecule has 0 spiro atoms. The first-order valence-electron chi connectivity index (χ1n) is 9.91. The van der Waals surface area contributed by atoms with E-state index in [1.807, 2.05) is 47.8 Å². The number of hydrogen-bond donors (Lipinski definition) is 2. The van der Waals surface area contributed by atoms with E-state index in [4.69, 9.17) is 0 Å². The third-order valence-electron chi connectivity index (χ3n) is 4.65. The standard InChI is InChI=1S/C22H21N5O3S3/c1-27(14-16-6-3-2-4-7-16)33(29,30)18-11-9-17(10-12-18)23-20(28)15-32-22-24-21(25-26-22)19-8-5-13-31-19/h2-13H,14-15H2,1H3,(H,23,28)(H,24,25,26). The van der Waals surface area contributed by atoms with Crippen LogP contribution in [0.2, 0.25) is 0 Å². The highest BCUT2D eigenvalue weighted by Crippen LogP contribution is 2.23. The lowest BCUT2D eigenvalue weighted by atomic mass is 10.2. The number of rotatable bonds is 9. The quantitative estimate of drug-likeness (QED) is 0.336. The van der Waals surface area contributed by atoms with Crippen molar-refractivity contribution < 1.29 is 13.2 Å². The molecule has 0 saturated carbocycles. The highest BCUT2D eigenvalue weighted by Gasteiger charge is 2.21. The third-order valence-corrected chi connectivity index (χ3v) is 8.19. The van der Waals surface area contributed by atoms with Crippen LogP contribution in [-0.4, -0.2) is 46.6 Å². The molecule has 2 heterocycles. The Bertz CT molecular complexity index is 1310. The number of thiophene rings is 1. The molecule has 170 valence electrons. The van der Waals surface area contributed by atoms with E-state index in [-0.39, 0.29) is 23.1 Å². The van der Waals surface area contributed by atoms with Crippen LogP contribution in [0, 0.1) is 0 Å². The molecule has 2 aromatic carbocycles. The van der Waals surface area contributed by atoms with Gasteiger partial charge in [-0.2, -0.15) is 4.31 Å². The smallest absolute Gasteiger partial charge is 0.243 e. The molecule has 4 rings (SSSR count). The first-order valence-corrected chi connectivity index (χ1v) is 13.2. The van der Waals surface area contributed by atoms with Crippen molar-refractivity contribution in [1.82, 2.24) is 19.5 Å². The minimum absolute atomic E-state index is 0.127. The van der Waals surface area contributed by atoms with Gasteiger partial charge in [-0.1, -0.05) is 48.2 Å². The molecule has 0 unspecified atom stereocenters. The van der Waals surface area contributed by atoms with Crippen LogP contribution in [0.4, 0.5) is 5.69 Å². The van der Waals surface area contributed by atoms with E-state index < -0.39 is 10.0 Å². The van der Waals surface area contributed by atoms with Crippen LogP contribution in [0.25, 0.3) is 10.7 Å². The number of hydrogen-bond acceptors (Lipinski definition) is 7. The number of carbonyl (C=O) groups is 1. The van der Waals surface area contributed by atoms with Gasteiger partial charge in [0.25, 0.3) is 0 Å². The lowest BCUT2D eigenvalue weighted by Gasteiger charge is -2.17. The number of sulfonamides is 1. The van der Waals surface area contributed by atoms with Gasteiger partial charge in [0.05, 0.1) is 15.5 Å². The molecule has 8 nitrogen and oxygen atoms in total. The summed E-state index contributed by atoms with van der Waals surface area (Å²) in [7, 11) is -2.10. The number of carbonyl (C=O) groups excluding carboxylic acids is 1. The predicted octanol–water partition coefficient (Wildman–Crippen LogP) is 4.08. The topological polar surface area (TPSA) is 108 Å². The molecule has 11 heteroatoms. The minimum Gasteiger partial charge on any atom is -0.325 e. The van der Waals surface area contributed by atoms with Gasteiger partial charge in [0, 0.05) is 19.3 Å². The molecule has 0 aliphatic rings. The van der Waals surface area contributed by atoms with Gasteiger partial charge in [-0.25, -0.2) is 13.4 Å². The SMILES string of the molecule is CN(Cc1ccccc1)S(=O)(=O)c1ccc(NC(=O)CSc2n[nH]c(-c3cccs3)n2)cc1. The summed E-state index contributed by atoms with van der Waals surface area (Å²) in [5, 5.41) is 12.2. The average molecular weight is 500 g/mol. The summed E-state index contributed by atoms with van der Waals surface area (Å²) in [4.78, 5) is 17.8. The summed E-state index contributed by atoms with van der Waals surface area (Å²) in [6.45, 7) is 0.272. The molecule has 0 aliphatic heterocycles. The zero-order valence-corrected chi connectivity index (χ0v) is 20.1. The number of aromatic nitrogens is 3. The van der Waals surface area contributed by atoms with Crippen LogP contribution in [0.5, 0.6) is 0 Å². The Balaban J connectivity index is 1.32. The maximum atomic E-state index is 12.8. The van der Waals surface area contributed by atoms with E-state index in [0.29, 0.717) is 16.7 Å². The predicted molar refractivity (Wildman–Crippen MR) is 131 cm³/mol. The maximum absolute atomic E-state index is 12.8. The number of nitrogens with zero attached hydrogens (tertiary/aromatic N) is 3. The summed E-state index contributed by atoms with van der Waals surface area (Å²) in [5.74, 6) is 0.558. The molecule has 0 radical (unpaired) electrons. The Morgan fingerprint density at radius 1 is 1.09 bits per heavy atom. The van der Waals surface area contributed by atoms with Gasteiger partial charge in [-0.15, -0.1) is 16.4 Å². The summed E-state index contributed by atoms with van der Waals surface area (Å²) < 4.78 is 27.0. The summed E-state index contributed by atoms with van der Waals surface area (Å²) in [5.41, 5.74) is 1.42. The first-order chi connectivity index (χ1) is 15.9. The Labute approximate surface area is 200 Å². The lowest BCUT2D eigenvalue weighted by Crippen LogP contribution is -2.26. The van der Waals surface area contributed by atoms with E-state index in [0.717, 1.165) is 10.4 Å². The second-order valence-electron chi connectivity index (χ2n) is 7.05. The normalized spacial score (nSPS) is 11.6. The Kier molecular flexibility index (Phi) is 7.23. The molecule has 0 aliphatic carbocycles. The lowest BCUT2D eigenvalue weighted by molar-refractivity contribution is -0.113. The number of nitrogens with one attached hydrogen (secondary N) is 2. The van der Waals surface area contributed by atoms with Crippen LogP contribution in [0.3, 0.4) is 0 Å². The fourth-order valence-electron chi connectivity index (χ4n) is 2.98. The van der Waals surface area contributed by atoms with Crippen LogP contribution in [0.1, 0.15) is 5.56 Å². The summed E-state index contributed by atoms with van der Waals surface area (Å²) in [6.07, 6.45) is 0. The van der Waals surface area contributed by atoms with E-state index in [2.05, 4.69) is 20.5 Å². The molecule has 1 amide bonds. The Morgan fingerprint density at radius 3 is 2.55 bits per heavy atom. The van der Waals surface area contributed by atoms with Crippen LogP contribution >= 0.6 is 23.1 Å². The molecule has 0 saturated heterocycles. The van der Waals surface area contributed by atoms with Gasteiger partial charge in [0.2, 0.25) is 21.1 Å². The molecular weight excluding hydrogens is 478 g/mol. The van der Waals surface area contributed by atoms with Crippen molar-refractivity contribution in [3.63, 3.8) is 0 Å². The second-order valence-corrected chi connectivity index (χ2v) is 11.0. The first kappa shape index (κ1) is 23.2. The van der Waals surface area contributed by atoms with E-state index in [1.54, 1.807) is 30.5 Å². The summed E-state index contributed by atoms with van der Waals surface area (Å²) >= 11 is 2.77. The number of H-pyrrole nitrogens is 1. The monoisotopic (exact) mass is 499 g/mol. The number of benzene rings is 2. The molecular formula is C22H21N5O3S3. The second kappa shape index (κ2) is 10.3. The minimum atomic E-state index is -3.65. The molecule has 33 heavy (non-hydrogen) atoms. The molecule has 0 atom stereocenters.